The lowest BCUT2D eigenvalue weighted by Crippen LogP contribution is -2.56. The van der Waals surface area contributed by atoms with Gasteiger partial charge in [-0.05, 0) is 39.2 Å². The van der Waals surface area contributed by atoms with Crippen LogP contribution in [0.4, 0.5) is 0 Å². The van der Waals surface area contributed by atoms with Gasteiger partial charge in [0.2, 0.25) is 0 Å². The Morgan fingerprint density at radius 2 is 2.28 bits per heavy atom. The van der Waals surface area contributed by atoms with E-state index in [0.717, 1.165) is 32.5 Å². The number of aliphatic carboxylic acids is 1. The Bertz CT molecular complexity index is 273. The smallest absolute Gasteiger partial charge is 0.323 e. The van der Waals surface area contributed by atoms with Crippen LogP contribution in [0, 0.1) is 0 Å². The molecule has 0 aromatic rings. The summed E-state index contributed by atoms with van der Waals surface area (Å²) in [6, 6.07) is 0.269. The maximum atomic E-state index is 11.2. The van der Waals surface area contributed by atoms with Crippen LogP contribution in [0.15, 0.2) is 0 Å². The van der Waals surface area contributed by atoms with Crippen molar-refractivity contribution in [3.05, 3.63) is 0 Å². The van der Waals surface area contributed by atoms with E-state index < -0.39 is 11.5 Å². The molecule has 0 heterocycles. The number of carboxylic acid groups (broad SMARTS) is 1. The van der Waals surface area contributed by atoms with Gasteiger partial charge in [0.1, 0.15) is 5.54 Å². The molecule has 5 heteroatoms. The van der Waals surface area contributed by atoms with Crippen LogP contribution in [-0.2, 0) is 9.53 Å². The molecule has 0 aromatic heterocycles. The SMILES string of the molecule is CCOCCN(CC)C1CCCC(N)(C(=O)O)C1. The Balaban J connectivity index is 2.55. The van der Waals surface area contributed by atoms with Crippen molar-refractivity contribution in [1.29, 1.82) is 0 Å². The number of rotatable bonds is 7. The second-order valence-electron chi connectivity index (χ2n) is 5.04. The highest BCUT2D eigenvalue weighted by molar-refractivity contribution is 5.78. The normalized spacial score (nSPS) is 28.6. The molecule has 0 radical (unpaired) electrons. The van der Waals surface area contributed by atoms with Gasteiger partial charge in [0.15, 0.2) is 0 Å². The molecule has 0 bridgehead atoms. The van der Waals surface area contributed by atoms with Crippen molar-refractivity contribution in [2.45, 2.75) is 51.1 Å². The number of ether oxygens (including phenoxy) is 1. The monoisotopic (exact) mass is 258 g/mol. The van der Waals surface area contributed by atoms with Crippen LogP contribution in [0.3, 0.4) is 0 Å². The molecule has 0 aliphatic heterocycles. The third-order valence-electron chi connectivity index (χ3n) is 3.84. The average molecular weight is 258 g/mol. The molecule has 2 atom stereocenters. The van der Waals surface area contributed by atoms with E-state index in [4.69, 9.17) is 10.5 Å². The van der Waals surface area contributed by atoms with Crippen molar-refractivity contribution in [1.82, 2.24) is 4.90 Å². The third-order valence-corrected chi connectivity index (χ3v) is 3.84. The summed E-state index contributed by atoms with van der Waals surface area (Å²) in [6.07, 6.45) is 3.05. The van der Waals surface area contributed by atoms with Gasteiger partial charge in [0.25, 0.3) is 0 Å². The summed E-state index contributed by atoms with van der Waals surface area (Å²) in [5.41, 5.74) is 4.94. The lowest BCUT2D eigenvalue weighted by Gasteiger charge is -2.40. The number of nitrogens with zero attached hydrogens (tertiary/aromatic N) is 1. The molecule has 3 N–H and O–H groups in total. The molecule has 0 spiro atoms. The van der Waals surface area contributed by atoms with Gasteiger partial charge in [0.05, 0.1) is 6.61 Å². The Kier molecular flexibility index (Phi) is 6.05. The Labute approximate surface area is 109 Å². The van der Waals surface area contributed by atoms with Crippen LogP contribution >= 0.6 is 0 Å². The minimum Gasteiger partial charge on any atom is -0.480 e. The molecule has 1 aliphatic rings. The van der Waals surface area contributed by atoms with E-state index in [1.54, 1.807) is 0 Å². The summed E-state index contributed by atoms with van der Waals surface area (Å²) in [4.78, 5) is 13.5. The molecular weight excluding hydrogens is 232 g/mol. The number of carboxylic acids is 1. The molecular formula is C13H26N2O3. The van der Waals surface area contributed by atoms with Crippen molar-refractivity contribution >= 4 is 5.97 Å². The molecule has 1 rings (SSSR count). The Morgan fingerprint density at radius 3 is 2.83 bits per heavy atom. The van der Waals surface area contributed by atoms with E-state index in [2.05, 4.69) is 11.8 Å². The largest absolute Gasteiger partial charge is 0.480 e. The van der Waals surface area contributed by atoms with Gasteiger partial charge < -0.3 is 15.6 Å². The summed E-state index contributed by atoms with van der Waals surface area (Å²) in [6.45, 7) is 7.26. The fourth-order valence-electron chi connectivity index (χ4n) is 2.71. The molecule has 2 unspecified atom stereocenters. The zero-order chi connectivity index (χ0) is 13.6. The fourth-order valence-corrected chi connectivity index (χ4v) is 2.71. The van der Waals surface area contributed by atoms with E-state index in [1.807, 2.05) is 6.92 Å². The second kappa shape index (κ2) is 7.07. The zero-order valence-electron chi connectivity index (χ0n) is 11.5. The summed E-state index contributed by atoms with van der Waals surface area (Å²) >= 11 is 0. The van der Waals surface area contributed by atoms with E-state index in [1.165, 1.54) is 0 Å². The van der Waals surface area contributed by atoms with E-state index in [0.29, 0.717) is 19.4 Å². The van der Waals surface area contributed by atoms with Crippen LogP contribution in [-0.4, -0.2) is 53.9 Å². The maximum absolute atomic E-state index is 11.2. The first-order valence-electron chi connectivity index (χ1n) is 6.87. The molecule has 1 aliphatic carbocycles. The van der Waals surface area contributed by atoms with Gasteiger partial charge in [-0.15, -0.1) is 0 Å². The van der Waals surface area contributed by atoms with Crippen molar-refractivity contribution in [2.24, 2.45) is 5.73 Å². The van der Waals surface area contributed by atoms with Crippen LogP contribution in [0.5, 0.6) is 0 Å². The van der Waals surface area contributed by atoms with Gasteiger partial charge in [-0.3, -0.25) is 9.69 Å². The second-order valence-corrected chi connectivity index (χ2v) is 5.04. The quantitative estimate of drug-likeness (QED) is 0.668. The predicted molar refractivity (Wildman–Crippen MR) is 70.6 cm³/mol. The van der Waals surface area contributed by atoms with Crippen LogP contribution in [0.1, 0.15) is 39.5 Å². The predicted octanol–water partition coefficient (Wildman–Crippen LogP) is 1.07. The maximum Gasteiger partial charge on any atom is 0.323 e. The fraction of sp³-hybridized carbons (Fsp3) is 0.923. The summed E-state index contributed by atoms with van der Waals surface area (Å²) < 4.78 is 5.37. The molecule has 1 saturated carbocycles. The van der Waals surface area contributed by atoms with Crippen molar-refractivity contribution in [2.75, 3.05) is 26.3 Å². The topological polar surface area (TPSA) is 75.8 Å². The molecule has 0 saturated heterocycles. The standard InChI is InChI=1S/C13H26N2O3/c1-3-15(8-9-18-4-2)11-6-5-7-13(14,10-11)12(16)17/h11H,3-10,14H2,1-2H3,(H,16,17). The summed E-state index contributed by atoms with van der Waals surface area (Å²) in [7, 11) is 0. The first kappa shape index (κ1) is 15.4. The highest BCUT2D eigenvalue weighted by atomic mass is 16.5. The number of nitrogens with two attached hydrogens (primary N) is 1. The molecule has 5 nitrogen and oxygen atoms in total. The highest BCUT2D eigenvalue weighted by Gasteiger charge is 2.40. The lowest BCUT2D eigenvalue weighted by atomic mass is 9.79. The van der Waals surface area contributed by atoms with E-state index >= 15 is 0 Å². The molecule has 1 fully saturated rings. The van der Waals surface area contributed by atoms with E-state index in [-0.39, 0.29) is 6.04 Å². The number of hydrogen-bond donors (Lipinski definition) is 2. The first-order valence-corrected chi connectivity index (χ1v) is 6.87. The van der Waals surface area contributed by atoms with E-state index in [9.17, 15) is 9.90 Å². The number of likely N-dealkylation sites (N-methyl/N-ethyl adjacent to an activating group) is 1. The summed E-state index contributed by atoms with van der Waals surface area (Å²) in [5, 5.41) is 9.22. The van der Waals surface area contributed by atoms with Gasteiger partial charge in [0, 0.05) is 19.2 Å². The minimum atomic E-state index is -1.04. The van der Waals surface area contributed by atoms with Gasteiger partial charge in [-0.1, -0.05) is 6.92 Å². The first-order chi connectivity index (χ1) is 8.53. The molecule has 106 valence electrons. The third kappa shape index (κ3) is 3.93. The van der Waals surface area contributed by atoms with Crippen LogP contribution < -0.4 is 5.73 Å². The van der Waals surface area contributed by atoms with Crippen LogP contribution in [0.25, 0.3) is 0 Å². The lowest BCUT2D eigenvalue weighted by molar-refractivity contribution is -0.145. The molecule has 0 amide bonds. The number of hydrogen-bond acceptors (Lipinski definition) is 4. The molecule has 0 aromatic carbocycles. The van der Waals surface area contributed by atoms with Crippen molar-refractivity contribution in [3.63, 3.8) is 0 Å². The average Bonchev–Trinajstić information content (AvgIpc) is 2.34. The van der Waals surface area contributed by atoms with Crippen LogP contribution in [0.2, 0.25) is 0 Å². The van der Waals surface area contributed by atoms with Gasteiger partial charge in [-0.25, -0.2) is 0 Å². The Hall–Kier alpha value is -0.650. The van der Waals surface area contributed by atoms with Gasteiger partial charge in [-0.2, -0.15) is 0 Å². The molecule has 18 heavy (non-hydrogen) atoms. The zero-order valence-corrected chi connectivity index (χ0v) is 11.5. The highest BCUT2D eigenvalue weighted by Crippen LogP contribution is 2.29. The minimum absolute atomic E-state index is 0.269. The number of carbonyl (C=O) groups is 1. The summed E-state index contributed by atoms with van der Waals surface area (Å²) in [5.74, 6) is -0.868. The van der Waals surface area contributed by atoms with Gasteiger partial charge >= 0.3 is 5.97 Å². The van der Waals surface area contributed by atoms with Crippen molar-refractivity contribution in [3.8, 4) is 0 Å². The Morgan fingerprint density at radius 1 is 1.56 bits per heavy atom. The van der Waals surface area contributed by atoms with Crippen molar-refractivity contribution < 1.29 is 14.6 Å².